The Kier molecular flexibility index (Phi) is 7.67. The van der Waals surface area contributed by atoms with Gasteiger partial charge >= 0.3 is 5.97 Å². The molecule has 1 heterocycles. The van der Waals surface area contributed by atoms with E-state index in [0.717, 1.165) is 54.9 Å². The van der Waals surface area contributed by atoms with E-state index in [4.69, 9.17) is 4.74 Å². The third-order valence-electron chi connectivity index (χ3n) is 4.43. The second kappa shape index (κ2) is 9.99. The van der Waals surface area contributed by atoms with E-state index in [2.05, 4.69) is 35.1 Å². The van der Waals surface area contributed by atoms with Crippen LogP contribution in [-0.4, -0.2) is 49.1 Å². The van der Waals surface area contributed by atoms with E-state index in [0.29, 0.717) is 0 Å². The number of hydrogen-bond acceptors (Lipinski definition) is 5. The van der Waals surface area contributed by atoms with Gasteiger partial charge in [-0.1, -0.05) is 32.0 Å². The summed E-state index contributed by atoms with van der Waals surface area (Å²) in [6.45, 7) is 8.67. The minimum atomic E-state index is -0.270. The van der Waals surface area contributed by atoms with E-state index in [1.165, 1.54) is 13.5 Å². The summed E-state index contributed by atoms with van der Waals surface area (Å²) >= 11 is 0. The van der Waals surface area contributed by atoms with Crippen molar-refractivity contribution in [2.24, 2.45) is 0 Å². The average molecular weight is 343 g/mol. The van der Waals surface area contributed by atoms with Crippen molar-refractivity contribution in [3.63, 3.8) is 0 Å². The lowest BCUT2D eigenvalue weighted by Gasteiger charge is -2.18. The molecule has 0 saturated carbocycles. The number of para-hydroxylation sites is 1. The number of fused-ring (bicyclic) bond motifs is 1. The lowest BCUT2D eigenvalue weighted by molar-refractivity contribution is -0.139. The summed E-state index contributed by atoms with van der Waals surface area (Å²) in [5.74, 6) is -0.270. The van der Waals surface area contributed by atoms with Crippen molar-refractivity contribution in [1.82, 2.24) is 9.88 Å². The van der Waals surface area contributed by atoms with Gasteiger partial charge in [0, 0.05) is 17.6 Å². The number of benzene rings is 1. The summed E-state index contributed by atoms with van der Waals surface area (Å²) in [6.07, 6.45) is 2.48. The molecule has 0 atom stereocenters. The molecule has 5 nitrogen and oxygen atoms in total. The highest BCUT2D eigenvalue weighted by Gasteiger charge is 2.09. The number of rotatable bonds is 10. The summed E-state index contributed by atoms with van der Waals surface area (Å²) in [5.41, 5.74) is 2.66. The maximum absolute atomic E-state index is 11.6. The molecule has 5 heteroatoms. The molecule has 136 valence electrons. The molecule has 0 radical (unpaired) electrons. The highest BCUT2D eigenvalue weighted by Crippen LogP contribution is 2.23. The third kappa shape index (κ3) is 5.71. The standard InChI is InChI=1S/C20H29N3O2/c1-4-23(5-2)13-9-8-12-21-19-14-16(15-20(24)25-3)22-18-11-7-6-10-17(18)19/h6-7,10-11,14H,4-5,8-9,12-13,15H2,1-3H3,(H,21,22). The van der Waals surface area contributed by atoms with Crippen molar-refractivity contribution in [3.8, 4) is 0 Å². The number of carbonyl (C=O) groups excluding carboxylic acids is 1. The Morgan fingerprint density at radius 1 is 1.20 bits per heavy atom. The quantitative estimate of drug-likeness (QED) is 0.529. The van der Waals surface area contributed by atoms with Gasteiger partial charge in [-0.15, -0.1) is 0 Å². The number of esters is 1. The van der Waals surface area contributed by atoms with Crippen LogP contribution in [0, 0.1) is 0 Å². The SMILES string of the molecule is CCN(CC)CCCCNc1cc(CC(=O)OC)nc2ccccc12. The second-order valence-corrected chi connectivity index (χ2v) is 6.09. The second-order valence-electron chi connectivity index (χ2n) is 6.09. The summed E-state index contributed by atoms with van der Waals surface area (Å²) in [4.78, 5) is 18.6. The van der Waals surface area contributed by atoms with Gasteiger partial charge in [0.1, 0.15) is 0 Å². The van der Waals surface area contributed by atoms with Crippen LogP contribution in [0.15, 0.2) is 30.3 Å². The number of methoxy groups -OCH3 is 1. The van der Waals surface area contributed by atoms with Crippen LogP contribution in [0.4, 0.5) is 5.69 Å². The number of pyridine rings is 1. The van der Waals surface area contributed by atoms with Crippen molar-refractivity contribution in [2.75, 3.05) is 38.6 Å². The Morgan fingerprint density at radius 2 is 1.96 bits per heavy atom. The zero-order valence-corrected chi connectivity index (χ0v) is 15.5. The zero-order valence-electron chi connectivity index (χ0n) is 15.5. The first-order valence-electron chi connectivity index (χ1n) is 9.09. The van der Waals surface area contributed by atoms with Crippen LogP contribution in [0.2, 0.25) is 0 Å². The average Bonchev–Trinajstić information content (AvgIpc) is 2.64. The lowest BCUT2D eigenvalue weighted by atomic mass is 10.1. The molecule has 0 saturated heterocycles. The van der Waals surface area contributed by atoms with Crippen LogP contribution in [0.25, 0.3) is 10.9 Å². The first-order chi connectivity index (χ1) is 12.2. The van der Waals surface area contributed by atoms with Gasteiger partial charge in [-0.25, -0.2) is 0 Å². The van der Waals surface area contributed by atoms with Crippen molar-refractivity contribution in [3.05, 3.63) is 36.0 Å². The van der Waals surface area contributed by atoms with Crippen LogP contribution >= 0.6 is 0 Å². The van der Waals surface area contributed by atoms with Crippen molar-refractivity contribution >= 4 is 22.6 Å². The van der Waals surface area contributed by atoms with E-state index in [-0.39, 0.29) is 12.4 Å². The number of aromatic nitrogens is 1. The van der Waals surface area contributed by atoms with Crippen molar-refractivity contribution < 1.29 is 9.53 Å². The van der Waals surface area contributed by atoms with Gasteiger partial charge in [0.15, 0.2) is 0 Å². The molecule has 0 unspecified atom stereocenters. The van der Waals surface area contributed by atoms with Crippen molar-refractivity contribution in [2.45, 2.75) is 33.1 Å². The van der Waals surface area contributed by atoms with Gasteiger partial charge in [0.05, 0.1) is 24.7 Å². The zero-order chi connectivity index (χ0) is 18.1. The monoisotopic (exact) mass is 343 g/mol. The van der Waals surface area contributed by atoms with E-state index >= 15 is 0 Å². The van der Waals surface area contributed by atoms with E-state index in [9.17, 15) is 4.79 Å². The first kappa shape index (κ1) is 19.2. The molecule has 0 spiro atoms. The number of anilines is 1. The lowest BCUT2D eigenvalue weighted by Crippen LogP contribution is -2.24. The summed E-state index contributed by atoms with van der Waals surface area (Å²) in [6, 6.07) is 9.97. The number of nitrogens with zero attached hydrogens (tertiary/aromatic N) is 2. The maximum atomic E-state index is 11.6. The molecule has 2 rings (SSSR count). The molecule has 0 bridgehead atoms. The van der Waals surface area contributed by atoms with E-state index < -0.39 is 0 Å². The van der Waals surface area contributed by atoms with E-state index in [1.807, 2.05) is 24.3 Å². The van der Waals surface area contributed by atoms with Gasteiger partial charge in [-0.3, -0.25) is 9.78 Å². The predicted octanol–water partition coefficient (Wildman–Crippen LogP) is 3.48. The molecule has 1 N–H and O–H groups in total. The fourth-order valence-electron chi connectivity index (χ4n) is 2.91. The highest BCUT2D eigenvalue weighted by molar-refractivity contribution is 5.92. The molecule has 2 aromatic rings. The molecular weight excluding hydrogens is 314 g/mol. The van der Waals surface area contributed by atoms with Crippen LogP contribution < -0.4 is 5.32 Å². The van der Waals surface area contributed by atoms with Crippen LogP contribution in [0.3, 0.4) is 0 Å². The van der Waals surface area contributed by atoms with Crippen LogP contribution in [-0.2, 0) is 16.0 Å². The minimum Gasteiger partial charge on any atom is -0.469 e. The minimum absolute atomic E-state index is 0.192. The molecule has 0 aliphatic carbocycles. The number of carbonyl (C=O) groups is 1. The fraction of sp³-hybridized carbons (Fsp3) is 0.500. The molecule has 1 aromatic heterocycles. The Balaban J connectivity index is 2.01. The van der Waals surface area contributed by atoms with Gasteiger partial charge < -0.3 is 15.0 Å². The first-order valence-corrected chi connectivity index (χ1v) is 9.09. The predicted molar refractivity (Wildman–Crippen MR) is 103 cm³/mol. The van der Waals surface area contributed by atoms with E-state index in [1.54, 1.807) is 0 Å². The normalized spacial score (nSPS) is 11.0. The topological polar surface area (TPSA) is 54.5 Å². The fourth-order valence-corrected chi connectivity index (χ4v) is 2.91. The molecule has 25 heavy (non-hydrogen) atoms. The molecule has 0 fully saturated rings. The Bertz CT molecular complexity index is 684. The number of unbranched alkanes of at least 4 members (excludes halogenated alkanes) is 1. The number of ether oxygens (including phenoxy) is 1. The van der Waals surface area contributed by atoms with Crippen LogP contribution in [0.1, 0.15) is 32.4 Å². The van der Waals surface area contributed by atoms with Gasteiger partial charge in [0.2, 0.25) is 0 Å². The summed E-state index contributed by atoms with van der Waals surface area (Å²) in [7, 11) is 1.40. The molecule has 0 aliphatic heterocycles. The van der Waals surface area contributed by atoms with Crippen LogP contribution in [0.5, 0.6) is 0 Å². The Morgan fingerprint density at radius 3 is 2.68 bits per heavy atom. The van der Waals surface area contributed by atoms with Gasteiger partial charge in [-0.05, 0) is 44.6 Å². The maximum Gasteiger partial charge on any atom is 0.311 e. The summed E-state index contributed by atoms with van der Waals surface area (Å²) in [5, 5.41) is 4.60. The van der Waals surface area contributed by atoms with Gasteiger partial charge in [0.25, 0.3) is 0 Å². The number of hydrogen-bond donors (Lipinski definition) is 1. The molecule has 0 amide bonds. The van der Waals surface area contributed by atoms with Crippen molar-refractivity contribution in [1.29, 1.82) is 0 Å². The summed E-state index contributed by atoms with van der Waals surface area (Å²) < 4.78 is 4.76. The highest BCUT2D eigenvalue weighted by atomic mass is 16.5. The largest absolute Gasteiger partial charge is 0.469 e. The molecule has 0 aliphatic rings. The molecule has 1 aromatic carbocycles. The Labute approximate surface area is 150 Å². The smallest absolute Gasteiger partial charge is 0.311 e. The number of nitrogens with one attached hydrogen (secondary N) is 1. The molecular formula is C20H29N3O2. The third-order valence-corrected chi connectivity index (χ3v) is 4.43. The Hall–Kier alpha value is -2.14. The van der Waals surface area contributed by atoms with Gasteiger partial charge in [-0.2, -0.15) is 0 Å².